The predicted molar refractivity (Wildman–Crippen MR) is 69.2 cm³/mol. The van der Waals surface area contributed by atoms with Crippen molar-refractivity contribution in [3.8, 4) is 0 Å². The molecule has 2 aliphatic rings. The molecule has 0 atom stereocenters. The summed E-state index contributed by atoms with van der Waals surface area (Å²) in [5.74, 6) is -0.207. The SMILES string of the molecule is CCCCCCC(=O)N1CCCC2(C1)OCCO2. The summed E-state index contributed by atoms with van der Waals surface area (Å²) < 4.78 is 11.4. The second kappa shape index (κ2) is 6.53. The summed E-state index contributed by atoms with van der Waals surface area (Å²) >= 11 is 0. The fourth-order valence-corrected chi connectivity index (χ4v) is 2.79. The van der Waals surface area contributed by atoms with Crippen LogP contribution in [0.2, 0.25) is 0 Å². The van der Waals surface area contributed by atoms with Gasteiger partial charge in [0.15, 0.2) is 5.79 Å². The first-order valence-corrected chi connectivity index (χ1v) is 7.31. The Balaban J connectivity index is 1.75. The molecule has 104 valence electrons. The lowest BCUT2D eigenvalue weighted by molar-refractivity contribution is -0.193. The van der Waals surface area contributed by atoms with E-state index in [4.69, 9.17) is 9.47 Å². The Kier molecular flexibility index (Phi) is 5.01. The minimum atomic E-state index is -0.475. The molecule has 4 heteroatoms. The number of carbonyl (C=O) groups excluding carboxylic acids is 1. The highest BCUT2D eigenvalue weighted by Gasteiger charge is 2.41. The Morgan fingerprint density at radius 1 is 1.22 bits per heavy atom. The van der Waals surface area contributed by atoms with E-state index in [2.05, 4.69) is 6.92 Å². The predicted octanol–water partition coefficient (Wildman–Crippen LogP) is 2.32. The lowest BCUT2D eigenvalue weighted by Crippen LogP contribution is -2.50. The van der Waals surface area contributed by atoms with Gasteiger partial charge in [0.1, 0.15) is 0 Å². The molecule has 4 nitrogen and oxygen atoms in total. The zero-order chi connectivity index (χ0) is 12.8. The molecule has 2 rings (SSSR count). The monoisotopic (exact) mass is 255 g/mol. The van der Waals surface area contributed by atoms with Crippen molar-refractivity contribution < 1.29 is 14.3 Å². The second-order valence-electron chi connectivity index (χ2n) is 5.34. The number of nitrogens with zero attached hydrogens (tertiary/aromatic N) is 1. The van der Waals surface area contributed by atoms with Crippen molar-refractivity contribution in [3.63, 3.8) is 0 Å². The number of unbranched alkanes of at least 4 members (excludes halogenated alkanes) is 3. The molecular weight excluding hydrogens is 230 g/mol. The molecule has 18 heavy (non-hydrogen) atoms. The van der Waals surface area contributed by atoms with E-state index >= 15 is 0 Å². The van der Waals surface area contributed by atoms with Gasteiger partial charge >= 0.3 is 0 Å². The van der Waals surface area contributed by atoms with E-state index < -0.39 is 5.79 Å². The highest BCUT2D eigenvalue weighted by molar-refractivity contribution is 5.76. The molecule has 0 unspecified atom stereocenters. The Bertz CT molecular complexity index is 274. The molecule has 0 radical (unpaired) electrons. The number of carbonyl (C=O) groups is 1. The van der Waals surface area contributed by atoms with Crippen LogP contribution in [0.1, 0.15) is 51.9 Å². The van der Waals surface area contributed by atoms with E-state index in [1.807, 2.05) is 4.90 Å². The second-order valence-corrected chi connectivity index (χ2v) is 5.34. The molecule has 0 N–H and O–H groups in total. The molecule has 1 spiro atoms. The zero-order valence-corrected chi connectivity index (χ0v) is 11.5. The minimum absolute atomic E-state index is 0.268. The highest BCUT2D eigenvalue weighted by atomic mass is 16.7. The van der Waals surface area contributed by atoms with Crippen molar-refractivity contribution in [2.24, 2.45) is 0 Å². The smallest absolute Gasteiger partial charge is 0.222 e. The van der Waals surface area contributed by atoms with Crippen LogP contribution in [0.4, 0.5) is 0 Å². The van der Waals surface area contributed by atoms with Gasteiger partial charge in [-0.3, -0.25) is 4.79 Å². The standard InChI is InChI=1S/C14H25NO3/c1-2-3-4-5-7-13(16)15-9-6-8-14(12-15)17-10-11-18-14/h2-12H2,1H3. The molecule has 0 bridgehead atoms. The Labute approximate surface area is 110 Å². The maximum absolute atomic E-state index is 12.1. The summed E-state index contributed by atoms with van der Waals surface area (Å²) in [6.07, 6.45) is 7.20. The van der Waals surface area contributed by atoms with Gasteiger partial charge in [-0.25, -0.2) is 0 Å². The summed E-state index contributed by atoms with van der Waals surface area (Å²) in [6.45, 7) is 5.00. The number of likely N-dealkylation sites (tertiary alicyclic amines) is 1. The Morgan fingerprint density at radius 3 is 2.72 bits per heavy atom. The minimum Gasteiger partial charge on any atom is -0.346 e. The number of ether oxygens (including phenoxy) is 2. The van der Waals surface area contributed by atoms with E-state index in [1.165, 1.54) is 12.8 Å². The lowest BCUT2D eigenvalue weighted by Gasteiger charge is -2.38. The van der Waals surface area contributed by atoms with Crippen molar-refractivity contribution in [1.82, 2.24) is 4.90 Å². The topological polar surface area (TPSA) is 38.8 Å². The fourth-order valence-electron chi connectivity index (χ4n) is 2.79. The van der Waals surface area contributed by atoms with Crippen molar-refractivity contribution in [3.05, 3.63) is 0 Å². The van der Waals surface area contributed by atoms with Crippen molar-refractivity contribution in [2.75, 3.05) is 26.3 Å². The van der Waals surface area contributed by atoms with Crippen molar-refractivity contribution in [2.45, 2.75) is 57.7 Å². The van der Waals surface area contributed by atoms with E-state index in [9.17, 15) is 4.79 Å². The number of piperidine rings is 1. The molecule has 2 saturated heterocycles. The van der Waals surface area contributed by atoms with Crippen molar-refractivity contribution in [1.29, 1.82) is 0 Å². The summed E-state index contributed by atoms with van der Waals surface area (Å²) in [7, 11) is 0. The Morgan fingerprint density at radius 2 is 2.00 bits per heavy atom. The summed E-state index contributed by atoms with van der Waals surface area (Å²) in [5, 5.41) is 0. The summed E-state index contributed by atoms with van der Waals surface area (Å²) in [6, 6.07) is 0. The first-order chi connectivity index (χ1) is 8.76. The first kappa shape index (κ1) is 13.8. The van der Waals surface area contributed by atoms with E-state index in [1.54, 1.807) is 0 Å². The average molecular weight is 255 g/mol. The molecule has 0 aliphatic carbocycles. The van der Waals surface area contributed by atoms with Crippen LogP contribution >= 0.6 is 0 Å². The fraction of sp³-hybridized carbons (Fsp3) is 0.929. The molecule has 2 heterocycles. The van der Waals surface area contributed by atoms with Gasteiger partial charge in [0.05, 0.1) is 19.8 Å². The van der Waals surface area contributed by atoms with Gasteiger partial charge in [0, 0.05) is 19.4 Å². The van der Waals surface area contributed by atoms with Crippen LogP contribution in [0.15, 0.2) is 0 Å². The molecule has 1 amide bonds. The van der Waals surface area contributed by atoms with Crippen molar-refractivity contribution >= 4 is 5.91 Å². The van der Waals surface area contributed by atoms with Gasteiger partial charge in [-0.2, -0.15) is 0 Å². The number of hydrogen-bond donors (Lipinski definition) is 0. The number of rotatable bonds is 5. The molecule has 2 fully saturated rings. The maximum Gasteiger partial charge on any atom is 0.222 e. The molecule has 0 aromatic carbocycles. The van der Waals surface area contributed by atoms with Gasteiger partial charge in [-0.15, -0.1) is 0 Å². The third-order valence-electron chi connectivity index (χ3n) is 3.83. The molecule has 0 aromatic heterocycles. The van der Waals surface area contributed by atoms with E-state index in [-0.39, 0.29) is 5.91 Å². The van der Waals surface area contributed by atoms with Gasteiger partial charge in [0.2, 0.25) is 5.91 Å². The highest BCUT2D eigenvalue weighted by Crippen LogP contribution is 2.30. The third-order valence-corrected chi connectivity index (χ3v) is 3.83. The van der Waals surface area contributed by atoms with Gasteiger partial charge < -0.3 is 14.4 Å². The van der Waals surface area contributed by atoms with Crippen LogP contribution in [0, 0.1) is 0 Å². The van der Waals surface area contributed by atoms with Crippen LogP contribution in [-0.2, 0) is 14.3 Å². The van der Waals surface area contributed by atoms with E-state index in [0.29, 0.717) is 26.2 Å². The van der Waals surface area contributed by atoms with Crippen LogP contribution in [0.3, 0.4) is 0 Å². The molecule has 2 aliphatic heterocycles. The molecule has 0 aromatic rings. The van der Waals surface area contributed by atoms with Gasteiger partial charge in [0.25, 0.3) is 0 Å². The average Bonchev–Trinajstić information content (AvgIpc) is 2.82. The third kappa shape index (κ3) is 3.45. The van der Waals surface area contributed by atoms with Gasteiger partial charge in [-0.1, -0.05) is 26.2 Å². The normalized spacial score (nSPS) is 22.6. The number of hydrogen-bond acceptors (Lipinski definition) is 3. The van der Waals surface area contributed by atoms with E-state index in [0.717, 1.165) is 32.2 Å². The maximum atomic E-state index is 12.1. The quantitative estimate of drug-likeness (QED) is 0.708. The Hall–Kier alpha value is -0.610. The van der Waals surface area contributed by atoms with Crippen LogP contribution < -0.4 is 0 Å². The molecular formula is C14H25NO3. The summed E-state index contributed by atoms with van der Waals surface area (Å²) in [4.78, 5) is 14.0. The van der Waals surface area contributed by atoms with Crippen LogP contribution in [0.5, 0.6) is 0 Å². The zero-order valence-electron chi connectivity index (χ0n) is 11.5. The largest absolute Gasteiger partial charge is 0.346 e. The number of amides is 1. The van der Waals surface area contributed by atoms with Crippen LogP contribution in [0.25, 0.3) is 0 Å². The van der Waals surface area contributed by atoms with Crippen LogP contribution in [-0.4, -0.2) is 42.9 Å². The first-order valence-electron chi connectivity index (χ1n) is 7.31. The lowest BCUT2D eigenvalue weighted by atomic mass is 10.0. The van der Waals surface area contributed by atoms with Gasteiger partial charge in [-0.05, 0) is 12.8 Å². The summed E-state index contributed by atoms with van der Waals surface area (Å²) in [5.41, 5.74) is 0. The molecule has 0 saturated carbocycles.